The molecule has 2 aromatic carbocycles. The molecule has 0 unspecified atom stereocenters. The standard InChI is InChI=1S/C24H31ClN4O3S/c1-17(2)9-11-29(3)16-27-33(31,32)23-14-20(12-19-15-26-10-8-21(19)23)28-24(30)13-18-6-4-5-7-22(18)25/h4-7,12,14,16-17,26H,8-11,13,15H2,1-3H3,(H,28,30). The minimum Gasteiger partial charge on any atom is -0.365 e. The molecule has 0 aliphatic carbocycles. The van der Waals surface area contributed by atoms with Crippen LogP contribution in [0, 0.1) is 5.92 Å². The van der Waals surface area contributed by atoms with Gasteiger partial charge in [-0.1, -0.05) is 43.6 Å². The summed E-state index contributed by atoms with van der Waals surface area (Å²) >= 11 is 6.16. The number of sulfonamides is 1. The summed E-state index contributed by atoms with van der Waals surface area (Å²) in [5.74, 6) is 0.245. The maximum Gasteiger partial charge on any atom is 0.284 e. The lowest BCUT2D eigenvalue weighted by molar-refractivity contribution is -0.115. The lowest BCUT2D eigenvalue weighted by Crippen LogP contribution is -2.26. The van der Waals surface area contributed by atoms with Crippen molar-refractivity contribution in [1.29, 1.82) is 0 Å². The second kappa shape index (κ2) is 11.1. The third-order valence-corrected chi connectivity index (χ3v) is 7.14. The minimum atomic E-state index is -3.93. The van der Waals surface area contributed by atoms with Crippen LogP contribution in [0.1, 0.15) is 37.0 Å². The fraction of sp³-hybridized carbons (Fsp3) is 0.417. The van der Waals surface area contributed by atoms with E-state index in [4.69, 9.17) is 11.6 Å². The van der Waals surface area contributed by atoms with E-state index in [0.29, 0.717) is 41.7 Å². The molecule has 1 aliphatic rings. The lowest BCUT2D eigenvalue weighted by atomic mass is 10.00. The Hall–Kier alpha value is -2.42. The molecular formula is C24H31ClN4O3S. The number of fused-ring (bicyclic) bond motifs is 1. The molecule has 0 aromatic heterocycles. The van der Waals surface area contributed by atoms with Crippen LogP contribution in [0.2, 0.25) is 5.02 Å². The van der Waals surface area contributed by atoms with Crippen molar-refractivity contribution < 1.29 is 13.2 Å². The predicted octanol–water partition coefficient (Wildman–Crippen LogP) is 3.86. The summed E-state index contributed by atoms with van der Waals surface area (Å²) in [6.07, 6.45) is 2.98. The Labute approximate surface area is 201 Å². The molecule has 33 heavy (non-hydrogen) atoms. The van der Waals surface area contributed by atoms with Gasteiger partial charge >= 0.3 is 0 Å². The second-order valence-electron chi connectivity index (χ2n) is 8.71. The van der Waals surface area contributed by atoms with Gasteiger partial charge in [-0.3, -0.25) is 4.79 Å². The van der Waals surface area contributed by atoms with E-state index in [-0.39, 0.29) is 17.2 Å². The van der Waals surface area contributed by atoms with Crippen LogP contribution in [0.5, 0.6) is 0 Å². The van der Waals surface area contributed by atoms with Gasteiger partial charge in [0, 0.05) is 30.8 Å². The molecule has 0 saturated heterocycles. The summed E-state index contributed by atoms with van der Waals surface area (Å²) in [4.78, 5) is 14.6. The van der Waals surface area contributed by atoms with Gasteiger partial charge in [-0.05, 0) is 60.2 Å². The SMILES string of the molecule is CC(C)CCN(C)C=NS(=O)(=O)c1cc(NC(=O)Cc2ccccc2Cl)cc2c1CCNC2. The third kappa shape index (κ3) is 7.03. The molecule has 0 bridgehead atoms. The van der Waals surface area contributed by atoms with Crippen LogP contribution in [0.15, 0.2) is 45.7 Å². The largest absolute Gasteiger partial charge is 0.365 e. The van der Waals surface area contributed by atoms with Crippen LogP contribution in [0.3, 0.4) is 0 Å². The lowest BCUT2D eigenvalue weighted by Gasteiger charge is -2.21. The van der Waals surface area contributed by atoms with Crippen molar-refractivity contribution in [2.75, 3.05) is 25.5 Å². The number of nitrogens with zero attached hydrogens (tertiary/aromatic N) is 2. The highest BCUT2D eigenvalue weighted by Crippen LogP contribution is 2.29. The smallest absolute Gasteiger partial charge is 0.284 e. The van der Waals surface area contributed by atoms with E-state index in [9.17, 15) is 13.2 Å². The first-order chi connectivity index (χ1) is 15.7. The summed E-state index contributed by atoms with van der Waals surface area (Å²) < 4.78 is 30.2. The topological polar surface area (TPSA) is 90.9 Å². The fourth-order valence-electron chi connectivity index (χ4n) is 3.62. The van der Waals surface area contributed by atoms with Gasteiger partial charge in [-0.25, -0.2) is 0 Å². The van der Waals surface area contributed by atoms with Crippen molar-refractivity contribution in [3.05, 3.63) is 58.1 Å². The molecule has 2 N–H and O–H groups in total. The molecular weight excluding hydrogens is 460 g/mol. The summed E-state index contributed by atoms with van der Waals surface area (Å²) in [5.41, 5.74) is 2.73. The average molecular weight is 491 g/mol. The molecule has 9 heteroatoms. The van der Waals surface area contributed by atoms with Crippen molar-refractivity contribution in [2.45, 2.75) is 44.6 Å². The number of carbonyl (C=O) groups is 1. The highest BCUT2D eigenvalue weighted by molar-refractivity contribution is 7.90. The van der Waals surface area contributed by atoms with Gasteiger partial charge in [-0.2, -0.15) is 8.42 Å². The van der Waals surface area contributed by atoms with Crippen molar-refractivity contribution in [2.24, 2.45) is 10.3 Å². The Morgan fingerprint density at radius 1 is 1.30 bits per heavy atom. The van der Waals surface area contributed by atoms with Crippen molar-refractivity contribution >= 4 is 39.6 Å². The first kappa shape index (κ1) is 25.2. The zero-order valence-electron chi connectivity index (χ0n) is 19.3. The maximum absolute atomic E-state index is 13.1. The zero-order valence-corrected chi connectivity index (χ0v) is 20.8. The predicted molar refractivity (Wildman–Crippen MR) is 133 cm³/mol. The summed E-state index contributed by atoms with van der Waals surface area (Å²) in [7, 11) is -2.12. The molecule has 178 valence electrons. The van der Waals surface area contributed by atoms with Crippen LogP contribution in [0.25, 0.3) is 0 Å². The van der Waals surface area contributed by atoms with Gasteiger partial charge in [0.25, 0.3) is 10.0 Å². The summed E-state index contributed by atoms with van der Waals surface area (Å²) in [6, 6.07) is 10.5. The molecule has 1 heterocycles. The second-order valence-corrected chi connectivity index (χ2v) is 10.7. The Bertz CT molecular complexity index is 1130. The van der Waals surface area contributed by atoms with Crippen LogP contribution in [-0.4, -0.2) is 45.7 Å². The van der Waals surface area contributed by atoms with Gasteiger partial charge in [0.2, 0.25) is 5.91 Å². The van der Waals surface area contributed by atoms with Gasteiger partial charge in [-0.15, -0.1) is 4.40 Å². The van der Waals surface area contributed by atoms with Crippen LogP contribution < -0.4 is 10.6 Å². The zero-order chi connectivity index (χ0) is 24.0. The highest BCUT2D eigenvalue weighted by atomic mass is 35.5. The van der Waals surface area contributed by atoms with Crippen LogP contribution in [0.4, 0.5) is 5.69 Å². The Balaban J connectivity index is 1.84. The first-order valence-electron chi connectivity index (χ1n) is 11.1. The Kier molecular flexibility index (Phi) is 8.51. The van der Waals surface area contributed by atoms with E-state index in [1.54, 1.807) is 23.1 Å². The van der Waals surface area contributed by atoms with E-state index in [1.165, 1.54) is 12.4 Å². The van der Waals surface area contributed by atoms with Crippen molar-refractivity contribution in [3.8, 4) is 0 Å². The van der Waals surface area contributed by atoms with Crippen molar-refractivity contribution in [3.63, 3.8) is 0 Å². The van der Waals surface area contributed by atoms with E-state index in [2.05, 4.69) is 28.9 Å². The number of hydrogen-bond donors (Lipinski definition) is 2. The molecule has 0 atom stereocenters. The number of anilines is 1. The molecule has 1 aliphatic heterocycles. The molecule has 7 nitrogen and oxygen atoms in total. The van der Waals surface area contributed by atoms with E-state index >= 15 is 0 Å². The molecule has 3 rings (SSSR count). The molecule has 0 spiro atoms. The van der Waals surface area contributed by atoms with Crippen molar-refractivity contribution in [1.82, 2.24) is 10.2 Å². The van der Waals surface area contributed by atoms with Gasteiger partial charge in [0.05, 0.1) is 11.3 Å². The summed E-state index contributed by atoms with van der Waals surface area (Å²) in [5, 5.41) is 6.59. The number of benzene rings is 2. The number of carbonyl (C=O) groups excluding carboxylic acids is 1. The molecule has 0 fully saturated rings. The normalized spacial score (nSPS) is 13.8. The molecule has 0 saturated carbocycles. The molecule has 0 radical (unpaired) electrons. The van der Waals surface area contributed by atoms with E-state index < -0.39 is 10.0 Å². The fourth-order valence-corrected chi connectivity index (χ4v) is 5.04. The first-order valence-corrected chi connectivity index (χ1v) is 12.9. The van der Waals surface area contributed by atoms with Gasteiger partial charge in [0.1, 0.15) is 6.34 Å². The average Bonchev–Trinajstić information content (AvgIpc) is 2.77. The number of hydrogen-bond acceptors (Lipinski definition) is 4. The van der Waals surface area contributed by atoms with Gasteiger partial charge in [0.15, 0.2) is 0 Å². The highest BCUT2D eigenvalue weighted by Gasteiger charge is 2.24. The number of nitrogens with one attached hydrogen (secondary N) is 2. The quantitative estimate of drug-likeness (QED) is 0.411. The third-order valence-electron chi connectivity index (χ3n) is 5.48. The molecule has 2 aromatic rings. The molecule has 1 amide bonds. The number of amides is 1. The van der Waals surface area contributed by atoms with Crippen LogP contribution >= 0.6 is 11.6 Å². The number of rotatable bonds is 9. The number of halogens is 1. The van der Waals surface area contributed by atoms with Crippen LogP contribution in [-0.2, 0) is 34.2 Å². The van der Waals surface area contributed by atoms with Gasteiger partial charge < -0.3 is 15.5 Å². The maximum atomic E-state index is 13.1. The monoisotopic (exact) mass is 490 g/mol. The Morgan fingerprint density at radius 2 is 2.06 bits per heavy atom. The van der Waals surface area contributed by atoms with E-state index in [0.717, 1.165) is 24.1 Å². The Morgan fingerprint density at radius 3 is 2.79 bits per heavy atom. The van der Waals surface area contributed by atoms with E-state index in [1.807, 2.05) is 19.2 Å². The summed E-state index contributed by atoms with van der Waals surface area (Å²) in [6.45, 7) is 6.17. The minimum absolute atomic E-state index is 0.0931.